The summed E-state index contributed by atoms with van der Waals surface area (Å²) in [6.45, 7) is 3.49. The topological polar surface area (TPSA) is 62.5 Å². The molecule has 100 valence electrons. The summed E-state index contributed by atoms with van der Waals surface area (Å²) < 4.78 is 5.17. The van der Waals surface area contributed by atoms with E-state index in [0.29, 0.717) is 18.2 Å². The Balaban J connectivity index is 1.81. The summed E-state index contributed by atoms with van der Waals surface area (Å²) in [7, 11) is 0. The molecule has 1 aromatic carbocycles. The molecule has 0 aliphatic rings. The molecule has 4 nitrogen and oxygen atoms in total. The molecular formula is C15H17NO3. The Labute approximate surface area is 112 Å². The van der Waals surface area contributed by atoms with Crippen molar-refractivity contribution in [2.24, 2.45) is 0 Å². The highest BCUT2D eigenvalue weighted by Gasteiger charge is 2.09. The zero-order chi connectivity index (χ0) is 13.7. The maximum Gasteiger partial charge on any atom is 0.371 e. The van der Waals surface area contributed by atoms with E-state index < -0.39 is 5.97 Å². The predicted molar refractivity (Wildman–Crippen MR) is 72.2 cm³/mol. The lowest BCUT2D eigenvalue weighted by Gasteiger charge is -2.12. The fourth-order valence-corrected chi connectivity index (χ4v) is 1.90. The van der Waals surface area contributed by atoms with Crippen LogP contribution >= 0.6 is 0 Å². The maximum absolute atomic E-state index is 10.7. The Kier molecular flexibility index (Phi) is 4.36. The van der Waals surface area contributed by atoms with Crippen molar-refractivity contribution in [3.63, 3.8) is 0 Å². The van der Waals surface area contributed by atoms with Crippen molar-refractivity contribution in [2.45, 2.75) is 19.4 Å². The van der Waals surface area contributed by atoms with Crippen molar-refractivity contribution in [2.75, 3.05) is 6.54 Å². The normalized spacial score (nSPS) is 12.3. The van der Waals surface area contributed by atoms with E-state index in [1.165, 1.54) is 11.6 Å². The molecule has 0 bridgehead atoms. The lowest BCUT2D eigenvalue weighted by atomic mass is 10.0. The number of benzene rings is 1. The molecule has 2 rings (SSSR count). The molecule has 0 aliphatic carbocycles. The van der Waals surface area contributed by atoms with E-state index >= 15 is 0 Å². The Morgan fingerprint density at radius 3 is 2.63 bits per heavy atom. The average molecular weight is 259 g/mol. The molecule has 2 N–H and O–H groups in total. The molecule has 0 fully saturated rings. The van der Waals surface area contributed by atoms with Gasteiger partial charge in [-0.05, 0) is 23.6 Å². The Hall–Kier alpha value is -2.07. The lowest BCUT2D eigenvalue weighted by molar-refractivity contribution is 0.0660. The van der Waals surface area contributed by atoms with Gasteiger partial charge in [0, 0.05) is 6.54 Å². The third-order valence-electron chi connectivity index (χ3n) is 2.99. The Morgan fingerprint density at radius 2 is 2.00 bits per heavy atom. The van der Waals surface area contributed by atoms with Crippen molar-refractivity contribution < 1.29 is 14.3 Å². The van der Waals surface area contributed by atoms with Gasteiger partial charge in [0.05, 0.1) is 6.54 Å². The molecule has 0 saturated heterocycles. The van der Waals surface area contributed by atoms with Gasteiger partial charge in [0.15, 0.2) is 0 Å². The molecule has 2 aromatic rings. The zero-order valence-corrected chi connectivity index (χ0v) is 10.8. The van der Waals surface area contributed by atoms with Crippen molar-refractivity contribution in [1.82, 2.24) is 5.32 Å². The molecule has 0 radical (unpaired) electrons. The van der Waals surface area contributed by atoms with Crippen molar-refractivity contribution >= 4 is 5.97 Å². The molecule has 1 atom stereocenters. The first-order valence-corrected chi connectivity index (χ1v) is 6.24. The van der Waals surface area contributed by atoms with E-state index in [4.69, 9.17) is 9.52 Å². The summed E-state index contributed by atoms with van der Waals surface area (Å²) in [5.41, 5.74) is 1.28. The summed E-state index contributed by atoms with van der Waals surface area (Å²) in [4.78, 5) is 10.7. The molecule has 0 spiro atoms. The number of carboxylic acids is 1. The number of aromatic carboxylic acids is 1. The summed E-state index contributed by atoms with van der Waals surface area (Å²) >= 11 is 0. The van der Waals surface area contributed by atoms with Crippen LogP contribution in [0.1, 0.15) is 34.7 Å². The molecule has 19 heavy (non-hydrogen) atoms. The van der Waals surface area contributed by atoms with Crippen LogP contribution in [-0.4, -0.2) is 17.6 Å². The molecule has 1 unspecified atom stereocenters. The van der Waals surface area contributed by atoms with Crippen molar-refractivity contribution in [3.05, 3.63) is 59.5 Å². The average Bonchev–Trinajstić information content (AvgIpc) is 2.89. The number of furan rings is 1. The van der Waals surface area contributed by atoms with Crippen LogP contribution in [-0.2, 0) is 6.54 Å². The second-order valence-electron chi connectivity index (χ2n) is 4.51. The van der Waals surface area contributed by atoms with Crippen molar-refractivity contribution in [3.8, 4) is 0 Å². The van der Waals surface area contributed by atoms with Crippen LogP contribution < -0.4 is 5.32 Å². The largest absolute Gasteiger partial charge is 0.475 e. The number of carboxylic acid groups (broad SMARTS) is 1. The zero-order valence-electron chi connectivity index (χ0n) is 10.8. The van der Waals surface area contributed by atoms with Crippen molar-refractivity contribution in [1.29, 1.82) is 0 Å². The van der Waals surface area contributed by atoms with Crippen LogP contribution in [0.25, 0.3) is 0 Å². The van der Waals surface area contributed by atoms with Gasteiger partial charge in [-0.3, -0.25) is 0 Å². The molecule has 0 amide bonds. The summed E-state index contributed by atoms with van der Waals surface area (Å²) in [5, 5.41) is 12.0. The van der Waals surface area contributed by atoms with E-state index in [-0.39, 0.29) is 5.76 Å². The minimum Gasteiger partial charge on any atom is -0.475 e. The first kappa shape index (κ1) is 13.4. The van der Waals surface area contributed by atoms with Crippen LogP contribution in [0, 0.1) is 0 Å². The van der Waals surface area contributed by atoms with Crippen LogP contribution in [0.5, 0.6) is 0 Å². The number of hydrogen-bond donors (Lipinski definition) is 2. The quantitative estimate of drug-likeness (QED) is 0.837. The SMILES string of the molecule is CC(CNCc1ccc(C(=O)O)o1)c1ccccc1. The second-order valence-corrected chi connectivity index (χ2v) is 4.51. The minimum atomic E-state index is -1.04. The van der Waals surface area contributed by atoms with Crippen LogP contribution in [0.2, 0.25) is 0 Å². The van der Waals surface area contributed by atoms with Gasteiger partial charge < -0.3 is 14.8 Å². The van der Waals surface area contributed by atoms with Gasteiger partial charge in [0.1, 0.15) is 5.76 Å². The van der Waals surface area contributed by atoms with E-state index in [0.717, 1.165) is 6.54 Å². The van der Waals surface area contributed by atoms with Gasteiger partial charge in [-0.15, -0.1) is 0 Å². The standard InChI is InChI=1S/C15H17NO3/c1-11(12-5-3-2-4-6-12)9-16-10-13-7-8-14(19-13)15(17)18/h2-8,11,16H,9-10H2,1H3,(H,17,18). The predicted octanol–water partition coefficient (Wildman–Crippen LogP) is 2.87. The highest BCUT2D eigenvalue weighted by Crippen LogP contribution is 2.13. The summed E-state index contributed by atoms with van der Waals surface area (Å²) in [5.74, 6) is -0.0235. The summed E-state index contributed by atoms with van der Waals surface area (Å²) in [6, 6.07) is 13.4. The fraction of sp³-hybridized carbons (Fsp3) is 0.267. The summed E-state index contributed by atoms with van der Waals surface area (Å²) in [6.07, 6.45) is 0. The van der Waals surface area contributed by atoms with Crippen LogP contribution in [0.15, 0.2) is 46.9 Å². The third kappa shape index (κ3) is 3.69. The molecule has 1 heterocycles. The molecule has 1 aromatic heterocycles. The van der Waals surface area contributed by atoms with Gasteiger partial charge in [-0.2, -0.15) is 0 Å². The van der Waals surface area contributed by atoms with E-state index in [2.05, 4.69) is 24.4 Å². The molecule has 0 saturated carbocycles. The minimum absolute atomic E-state index is 0.0205. The first-order chi connectivity index (χ1) is 9.16. The van der Waals surface area contributed by atoms with Crippen LogP contribution in [0.4, 0.5) is 0 Å². The number of nitrogens with one attached hydrogen (secondary N) is 1. The molecule has 4 heteroatoms. The Morgan fingerprint density at radius 1 is 1.26 bits per heavy atom. The highest BCUT2D eigenvalue weighted by atomic mass is 16.4. The van der Waals surface area contributed by atoms with E-state index in [1.54, 1.807) is 6.07 Å². The number of hydrogen-bond acceptors (Lipinski definition) is 3. The molecular weight excluding hydrogens is 242 g/mol. The van der Waals surface area contributed by atoms with E-state index in [9.17, 15) is 4.79 Å². The number of carbonyl (C=O) groups is 1. The second kappa shape index (κ2) is 6.20. The van der Waals surface area contributed by atoms with E-state index in [1.807, 2.05) is 18.2 Å². The van der Waals surface area contributed by atoms with Gasteiger partial charge >= 0.3 is 5.97 Å². The maximum atomic E-state index is 10.7. The fourth-order valence-electron chi connectivity index (χ4n) is 1.90. The Bertz CT molecular complexity index is 533. The van der Waals surface area contributed by atoms with Gasteiger partial charge in [-0.1, -0.05) is 37.3 Å². The van der Waals surface area contributed by atoms with Crippen LogP contribution in [0.3, 0.4) is 0 Å². The highest BCUT2D eigenvalue weighted by molar-refractivity contribution is 5.84. The smallest absolute Gasteiger partial charge is 0.371 e. The third-order valence-corrected chi connectivity index (χ3v) is 2.99. The number of rotatable bonds is 6. The lowest BCUT2D eigenvalue weighted by Crippen LogP contribution is -2.19. The monoisotopic (exact) mass is 259 g/mol. The van der Waals surface area contributed by atoms with Gasteiger partial charge in [-0.25, -0.2) is 4.79 Å². The van der Waals surface area contributed by atoms with Gasteiger partial charge in [0.2, 0.25) is 5.76 Å². The van der Waals surface area contributed by atoms with Gasteiger partial charge in [0.25, 0.3) is 0 Å². The molecule has 0 aliphatic heterocycles. The first-order valence-electron chi connectivity index (χ1n) is 6.24.